The first kappa shape index (κ1) is 29.0. The number of aryl methyl sites for hydroxylation is 1. The van der Waals surface area contributed by atoms with Crippen LogP contribution in [0.4, 0.5) is 0 Å². The molecule has 8 heteroatoms. The molecule has 0 amide bonds. The van der Waals surface area contributed by atoms with E-state index in [1.165, 1.54) is 0 Å². The summed E-state index contributed by atoms with van der Waals surface area (Å²) in [5.74, 6) is -4.11. The molecule has 2 aliphatic heterocycles. The largest absolute Gasteiger partial charge is 0.458 e. The highest BCUT2D eigenvalue weighted by atomic mass is 32.1. The van der Waals surface area contributed by atoms with Crippen LogP contribution in [-0.4, -0.2) is 50.5 Å². The monoisotopic (exact) mass is 521 g/mol. The Kier molecular flexibility index (Phi) is 8.86. The molecular weight excluding hydrogens is 478 g/mol. The molecule has 2 fully saturated rings. The second-order valence-corrected chi connectivity index (χ2v) is 12.7. The molecule has 3 heterocycles. The second-order valence-electron chi connectivity index (χ2n) is 11.6. The van der Waals surface area contributed by atoms with Crippen molar-refractivity contribution in [3.8, 4) is 0 Å². The first-order chi connectivity index (χ1) is 16.7. The lowest BCUT2D eigenvalue weighted by atomic mass is 9.71. The van der Waals surface area contributed by atoms with Gasteiger partial charge in [-0.2, -0.15) is 0 Å². The third kappa shape index (κ3) is 6.63. The van der Waals surface area contributed by atoms with E-state index in [0.717, 1.165) is 29.1 Å². The predicted molar refractivity (Wildman–Crippen MR) is 140 cm³/mol. The van der Waals surface area contributed by atoms with Gasteiger partial charge in [-0.1, -0.05) is 34.1 Å². The molecule has 5 unspecified atom stereocenters. The molecule has 0 bridgehead atoms. The van der Waals surface area contributed by atoms with Crippen molar-refractivity contribution in [3.05, 3.63) is 21.7 Å². The van der Waals surface area contributed by atoms with E-state index in [-0.39, 0.29) is 36.3 Å². The van der Waals surface area contributed by atoms with Crippen LogP contribution in [-0.2, 0) is 19.1 Å². The van der Waals surface area contributed by atoms with Gasteiger partial charge >= 0.3 is 5.97 Å². The van der Waals surface area contributed by atoms with Crippen molar-refractivity contribution in [3.63, 3.8) is 0 Å². The van der Waals surface area contributed by atoms with Crippen LogP contribution in [0.2, 0.25) is 0 Å². The zero-order chi connectivity index (χ0) is 26.9. The number of cyclic esters (lactones) is 1. The van der Waals surface area contributed by atoms with E-state index >= 15 is 0 Å². The van der Waals surface area contributed by atoms with Gasteiger partial charge in [-0.25, -0.2) is 4.98 Å². The maximum Gasteiger partial charge on any atom is 0.306 e. The number of ether oxygens (including phenoxy) is 2. The molecule has 0 aliphatic carbocycles. The lowest BCUT2D eigenvalue weighted by Gasteiger charge is -2.39. The van der Waals surface area contributed by atoms with Crippen LogP contribution < -0.4 is 0 Å². The SMILES string of the molecule is CCC1C(=O)C(C)(C)CCC(=O)OC(/C(C)=C/c2csc(C)n2)CC2OC2(C)CCCC(C)C1(O)O. The number of aliphatic hydroxyl groups is 2. The summed E-state index contributed by atoms with van der Waals surface area (Å²) in [5.41, 5.74) is 0.520. The van der Waals surface area contributed by atoms with Crippen molar-refractivity contribution in [2.75, 3.05) is 0 Å². The van der Waals surface area contributed by atoms with Crippen LogP contribution in [0, 0.1) is 24.2 Å². The van der Waals surface area contributed by atoms with Gasteiger partial charge in [0, 0.05) is 29.6 Å². The number of epoxide rings is 1. The molecule has 0 saturated carbocycles. The molecule has 7 nitrogen and oxygen atoms in total. The molecule has 1 aromatic heterocycles. The Morgan fingerprint density at radius 3 is 2.56 bits per heavy atom. The summed E-state index contributed by atoms with van der Waals surface area (Å²) in [5, 5.41) is 25.0. The highest BCUT2D eigenvalue weighted by Gasteiger charge is 2.53. The minimum Gasteiger partial charge on any atom is -0.458 e. The first-order valence-electron chi connectivity index (χ1n) is 13.2. The van der Waals surface area contributed by atoms with Crippen molar-refractivity contribution in [2.24, 2.45) is 17.3 Å². The van der Waals surface area contributed by atoms with Gasteiger partial charge in [0.15, 0.2) is 5.79 Å². The maximum atomic E-state index is 13.4. The summed E-state index contributed by atoms with van der Waals surface area (Å²) in [6.07, 6.45) is 4.73. The molecule has 0 spiro atoms. The smallest absolute Gasteiger partial charge is 0.306 e. The number of aromatic nitrogens is 1. The van der Waals surface area contributed by atoms with Gasteiger partial charge in [-0.05, 0) is 58.1 Å². The number of rotatable bonds is 3. The lowest BCUT2D eigenvalue weighted by Crippen LogP contribution is -2.50. The van der Waals surface area contributed by atoms with Crippen LogP contribution in [0.5, 0.6) is 0 Å². The Hall–Kier alpha value is -1.61. The van der Waals surface area contributed by atoms with E-state index in [1.54, 1.807) is 39.0 Å². The van der Waals surface area contributed by atoms with Crippen LogP contribution in [0.1, 0.15) is 97.2 Å². The molecule has 0 radical (unpaired) electrons. The fourth-order valence-corrected chi connectivity index (χ4v) is 5.89. The zero-order valence-corrected chi connectivity index (χ0v) is 23.6. The maximum absolute atomic E-state index is 13.4. The molecular formula is C28H43NO6S. The summed E-state index contributed by atoms with van der Waals surface area (Å²) in [6, 6.07) is 0. The molecule has 2 saturated heterocycles. The van der Waals surface area contributed by atoms with Gasteiger partial charge < -0.3 is 19.7 Å². The van der Waals surface area contributed by atoms with Crippen molar-refractivity contribution in [1.82, 2.24) is 4.98 Å². The Morgan fingerprint density at radius 2 is 1.94 bits per heavy atom. The van der Waals surface area contributed by atoms with E-state index in [1.807, 2.05) is 25.3 Å². The number of nitrogens with zero attached hydrogens (tertiary/aromatic N) is 1. The van der Waals surface area contributed by atoms with Gasteiger partial charge in [0.2, 0.25) is 0 Å². The Balaban J connectivity index is 1.85. The second kappa shape index (κ2) is 11.0. The summed E-state index contributed by atoms with van der Waals surface area (Å²) in [6.45, 7) is 13.1. The summed E-state index contributed by atoms with van der Waals surface area (Å²) < 4.78 is 12.0. The van der Waals surface area contributed by atoms with E-state index in [4.69, 9.17) is 9.47 Å². The van der Waals surface area contributed by atoms with Gasteiger partial charge in [0.25, 0.3) is 0 Å². The highest BCUT2D eigenvalue weighted by Crippen LogP contribution is 2.45. The van der Waals surface area contributed by atoms with Crippen molar-refractivity contribution >= 4 is 29.2 Å². The number of carbonyl (C=O) groups is 2. The van der Waals surface area contributed by atoms with Crippen molar-refractivity contribution < 1.29 is 29.3 Å². The molecule has 1 aromatic rings. The molecule has 36 heavy (non-hydrogen) atoms. The molecule has 2 aliphatic rings. The number of ketones is 1. The van der Waals surface area contributed by atoms with Gasteiger partial charge in [-0.3, -0.25) is 9.59 Å². The third-order valence-electron chi connectivity index (χ3n) is 8.15. The average Bonchev–Trinajstić information content (AvgIpc) is 3.23. The fraction of sp³-hybridized carbons (Fsp3) is 0.750. The van der Waals surface area contributed by atoms with E-state index in [2.05, 4.69) is 11.9 Å². The number of hydrogen-bond acceptors (Lipinski definition) is 8. The molecule has 5 atom stereocenters. The average molecular weight is 522 g/mol. The predicted octanol–water partition coefficient (Wildman–Crippen LogP) is 5.22. The highest BCUT2D eigenvalue weighted by molar-refractivity contribution is 7.09. The lowest BCUT2D eigenvalue weighted by molar-refractivity contribution is -0.234. The summed E-state index contributed by atoms with van der Waals surface area (Å²) in [4.78, 5) is 30.9. The minimum absolute atomic E-state index is 0.0477. The molecule has 0 aromatic carbocycles. The Morgan fingerprint density at radius 1 is 1.25 bits per heavy atom. The fourth-order valence-electron chi connectivity index (χ4n) is 5.32. The van der Waals surface area contributed by atoms with Crippen LogP contribution in [0.3, 0.4) is 0 Å². The molecule has 3 rings (SSSR count). The summed E-state index contributed by atoms with van der Waals surface area (Å²) >= 11 is 1.57. The minimum atomic E-state index is -2.10. The van der Waals surface area contributed by atoms with Crippen molar-refractivity contribution in [1.29, 1.82) is 0 Å². The Labute approximate surface area is 219 Å². The molecule has 2 N–H and O–H groups in total. The number of fused-ring (bicyclic) bond motifs is 1. The standard InChI is InChI=1S/C28H43NO6S/c1-8-21-25(31)26(5,6)13-11-24(30)34-22(17(2)14-20-16-36-19(4)29-20)15-23-27(7,35-23)12-9-10-18(3)28(21,32)33/h14,16,18,21-23,32-33H,8-13,15H2,1-7H3/b17-14+. The Bertz CT molecular complexity index is 982. The van der Waals surface area contributed by atoms with Crippen LogP contribution >= 0.6 is 11.3 Å². The van der Waals surface area contributed by atoms with Crippen LogP contribution in [0.15, 0.2) is 11.0 Å². The van der Waals surface area contributed by atoms with Gasteiger partial charge in [-0.15, -0.1) is 11.3 Å². The van der Waals surface area contributed by atoms with Gasteiger partial charge in [0.05, 0.1) is 28.3 Å². The third-order valence-corrected chi connectivity index (χ3v) is 8.94. The number of carbonyl (C=O) groups excluding carboxylic acids is 2. The van der Waals surface area contributed by atoms with E-state index in [9.17, 15) is 19.8 Å². The van der Waals surface area contributed by atoms with Gasteiger partial charge in [0.1, 0.15) is 11.9 Å². The number of Topliss-reactive ketones (excluding diaryl/α,β-unsaturated/α-hetero) is 1. The topological polar surface area (TPSA) is 109 Å². The van der Waals surface area contributed by atoms with Crippen LogP contribution in [0.25, 0.3) is 6.08 Å². The van der Waals surface area contributed by atoms with Crippen molar-refractivity contribution in [2.45, 2.75) is 117 Å². The summed E-state index contributed by atoms with van der Waals surface area (Å²) in [7, 11) is 0. The quantitative estimate of drug-likeness (QED) is 0.319. The normalized spacial score (nSPS) is 34.1. The number of hydrogen-bond donors (Lipinski definition) is 2. The zero-order valence-electron chi connectivity index (χ0n) is 22.8. The number of esters is 1. The molecule has 202 valence electrons. The van der Waals surface area contributed by atoms with E-state index in [0.29, 0.717) is 19.3 Å². The number of thiazole rings is 1. The van der Waals surface area contributed by atoms with E-state index < -0.39 is 29.1 Å². The first-order valence-corrected chi connectivity index (χ1v) is 14.0.